The van der Waals surface area contributed by atoms with Crippen LogP contribution in [0.5, 0.6) is 0 Å². The Morgan fingerprint density at radius 2 is 2.06 bits per heavy atom. The number of carbonyl (C=O) groups is 1. The molecule has 2 atom stereocenters. The van der Waals surface area contributed by atoms with E-state index in [9.17, 15) is 20.0 Å². The van der Waals surface area contributed by atoms with Crippen molar-refractivity contribution in [2.24, 2.45) is 0 Å². The van der Waals surface area contributed by atoms with Gasteiger partial charge < -0.3 is 14.4 Å². The van der Waals surface area contributed by atoms with Crippen molar-refractivity contribution in [1.29, 1.82) is 0 Å². The standard InChI is InChI=1S/C24H32ClN3O5Si/c1-24(2,3)34(4,5)33-22(17-9-11-21(25)26-15-17)20-14-19(28(31)32)10-8-16(20)13-18-7-6-12-27(18)23(29)30/h8-11,14-15,18,22H,6-7,12-13H2,1-5H3,(H,29,30). The van der Waals surface area contributed by atoms with Gasteiger partial charge in [0.15, 0.2) is 8.32 Å². The first-order chi connectivity index (χ1) is 15.8. The molecule has 10 heteroatoms. The van der Waals surface area contributed by atoms with Gasteiger partial charge in [-0.2, -0.15) is 0 Å². The molecule has 0 saturated carbocycles. The van der Waals surface area contributed by atoms with Crippen LogP contribution < -0.4 is 0 Å². The Balaban J connectivity index is 2.14. The molecule has 0 aliphatic carbocycles. The lowest BCUT2D eigenvalue weighted by Gasteiger charge is -2.40. The first kappa shape index (κ1) is 26.1. The van der Waals surface area contributed by atoms with E-state index in [0.717, 1.165) is 24.0 Å². The van der Waals surface area contributed by atoms with E-state index < -0.39 is 25.4 Å². The van der Waals surface area contributed by atoms with Crippen LogP contribution in [-0.4, -0.2) is 46.9 Å². The summed E-state index contributed by atoms with van der Waals surface area (Å²) >= 11 is 6.03. The Labute approximate surface area is 206 Å². The van der Waals surface area contributed by atoms with E-state index in [1.54, 1.807) is 24.4 Å². The Kier molecular flexibility index (Phi) is 7.69. The molecule has 1 saturated heterocycles. The Morgan fingerprint density at radius 3 is 2.62 bits per heavy atom. The number of carboxylic acid groups (broad SMARTS) is 1. The maximum Gasteiger partial charge on any atom is 0.407 e. The Morgan fingerprint density at radius 1 is 1.35 bits per heavy atom. The van der Waals surface area contributed by atoms with E-state index in [4.69, 9.17) is 16.0 Å². The number of pyridine rings is 1. The molecule has 3 rings (SSSR count). The highest BCUT2D eigenvalue weighted by molar-refractivity contribution is 6.74. The van der Waals surface area contributed by atoms with Crippen LogP contribution in [0.1, 0.15) is 56.4 Å². The maximum absolute atomic E-state index is 11.7. The third-order valence-corrected chi connectivity index (χ3v) is 11.6. The summed E-state index contributed by atoms with van der Waals surface area (Å²) in [5, 5.41) is 21.5. The molecule has 1 aromatic carbocycles. The largest absolute Gasteiger partial charge is 0.465 e. The highest BCUT2D eigenvalue weighted by Crippen LogP contribution is 2.43. The average Bonchev–Trinajstić information content (AvgIpc) is 3.21. The average molecular weight is 506 g/mol. The summed E-state index contributed by atoms with van der Waals surface area (Å²) < 4.78 is 6.83. The lowest BCUT2D eigenvalue weighted by molar-refractivity contribution is -0.385. The second-order valence-corrected chi connectivity index (χ2v) is 15.4. The van der Waals surface area contributed by atoms with Gasteiger partial charge in [-0.25, -0.2) is 9.78 Å². The lowest BCUT2D eigenvalue weighted by Crippen LogP contribution is -2.42. The molecule has 1 aliphatic rings. The minimum Gasteiger partial charge on any atom is -0.465 e. The van der Waals surface area contributed by atoms with E-state index in [0.29, 0.717) is 23.7 Å². The summed E-state index contributed by atoms with van der Waals surface area (Å²) in [6.45, 7) is 11.1. The number of hydrogen-bond acceptors (Lipinski definition) is 5. The van der Waals surface area contributed by atoms with Crippen molar-refractivity contribution in [1.82, 2.24) is 9.88 Å². The number of halogens is 1. The quantitative estimate of drug-likeness (QED) is 0.201. The molecule has 184 valence electrons. The summed E-state index contributed by atoms with van der Waals surface area (Å²) in [5.74, 6) is 0. The van der Waals surface area contributed by atoms with E-state index in [-0.39, 0.29) is 16.8 Å². The molecule has 0 radical (unpaired) electrons. The van der Waals surface area contributed by atoms with Gasteiger partial charge in [-0.15, -0.1) is 0 Å². The van der Waals surface area contributed by atoms with Crippen molar-refractivity contribution in [2.45, 2.75) is 70.3 Å². The van der Waals surface area contributed by atoms with Crippen LogP contribution in [0, 0.1) is 10.1 Å². The van der Waals surface area contributed by atoms with E-state index in [2.05, 4.69) is 38.8 Å². The number of non-ortho nitro benzene ring substituents is 1. The lowest BCUT2D eigenvalue weighted by atomic mass is 9.92. The highest BCUT2D eigenvalue weighted by atomic mass is 35.5. The number of nitro groups is 1. The number of rotatable bonds is 7. The molecule has 2 heterocycles. The molecular formula is C24H32ClN3O5Si. The second kappa shape index (κ2) is 10.0. The van der Waals surface area contributed by atoms with Crippen molar-refractivity contribution >= 4 is 31.7 Å². The van der Waals surface area contributed by atoms with Crippen LogP contribution in [0.25, 0.3) is 0 Å². The second-order valence-electron chi connectivity index (χ2n) is 10.3. The SMILES string of the molecule is CC(C)(C)[Si](C)(C)OC(c1ccc(Cl)nc1)c1cc([N+](=O)[O-])ccc1CC1CCCN1C(=O)O. The maximum atomic E-state index is 11.7. The predicted octanol–water partition coefficient (Wildman–Crippen LogP) is 6.44. The van der Waals surface area contributed by atoms with Crippen molar-refractivity contribution < 1.29 is 19.3 Å². The monoisotopic (exact) mass is 505 g/mol. The van der Waals surface area contributed by atoms with Crippen LogP contribution >= 0.6 is 11.6 Å². The number of nitrogens with zero attached hydrogens (tertiary/aromatic N) is 3. The molecule has 34 heavy (non-hydrogen) atoms. The third kappa shape index (κ3) is 5.76. The van der Waals surface area contributed by atoms with Gasteiger partial charge in [-0.05, 0) is 54.6 Å². The number of benzene rings is 1. The number of likely N-dealkylation sites (tertiary alicyclic amines) is 1. The topological polar surface area (TPSA) is 106 Å². The van der Waals surface area contributed by atoms with Gasteiger partial charge in [-0.1, -0.05) is 44.5 Å². The van der Waals surface area contributed by atoms with Gasteiger partial charge in [0.25, 0.3) is 5.69 Å². The predicted molar refractivity (Wildman–Crippen MR) is 134 cm³/mol. The normalized spacial score (nSPS) is 17.6. The molecule has 1 N–H and O–H groups in total. The zero-order chi connectivity index (χ0) is 25.3. The van der Waals surface area contributed by atoms with Crippen LogP contribution in [0.3, 0.4) is 0 Å². The smallest absolute Gasteiger partial charge is 0.407 e. The molecule has 2 aromatic rings. The first-order valence-electron chi connectivity index (χ1n) is 11.4. The van der Waals surface area contributed by atoms with Crippen LogP contribution in [0.4, 0.5) is 10.5 Å². The van der Waals surface area contributed by atoms with Gasteiger partial charge in [-0.3, -0.25) is 10.1 Å². The van der Waals surface area contributed by atoms with Crippen molar-refractivity contribution in [3.63, 3.8) is 0 Å². The third-order valence-electron chi connectivity index (χ3n) is 6.97. The molecule has 0 spiro atoms. The molecule has 1 aliphatic heterocycles. The van der Waals surface area contributed by atoms with E-state index >= 15 is 0 Å². The minimum absolute atomic E-state index is 0.0361. The molecule has 8 nitrogen and oxygen atoms in total. The van der Waals surface area contributed by atoms with Gasteiger partial charge >= 0.3 is 6.09 Å². The fourth-order valence-electron chi connectivity index (χ4n) is 4.00. The Hall–Kier alpha value is -2.49. The van der Waals surface area contributed by atoms with Crippen LogP contribution in [-0.2, 0) is 10.8 Å². The van der Waals surface area contributed by atoms with Gasteiger partial charge in [0, 0.05) is 36.5 Å². The molecule has 1 fully saturated rings. The van der Waals surface area contributed by atoms with Crippen molar-refractivity contribution in [3.8, 4) is 0 Å². The minimum atomic E-state index is -2.33. The number of hydrogen-bond donors (Lipinski definition) is 1. The van der Waals surface area contributed by atoms with Gasteiger partial charge in [0.2, 0.25) is 0 Å². The fourth-order valence-corrected chi connectivity index (χ4v) is 5.32. The van der Waals surface area contributed by atoms with E-state index in [1.165, 1.54) is 11.0 Å². The summed E-state index contributed by atoms with van der Waals surface area (Å²) in [7, 11) is -2.33. The zero-order valence-corrected chi connectivity index (χ0v) is 22.0. The summed E-state index contributed by atoms with van der Waals surface area (Å²) in [6.07, 6.45) is 2.10. The number of amides is 1. The summed E-state index contributed by atoms with van der Waals surface area (Å²) in [4.78, 5) is 28.6. The molecule has 0 bridgehead atoms. The zero-order valence-electron chi connectivity index (χ0n) is 20.2. The van der Waals surface area contributed by atoms with Crippen molar-refractivity contribution in [2.75, 3.05) is 6.54 Å². The highest BCUT2D eigenvalue weighted by Gasteiger charge is 2.41. The molecule has 1 aromatic heterocycles. The Bertz CT molecular complexity index is 1060. The van der Waals surface area contributed by atoms with Crippen molar-refractivity contribution in [3.05, 3.63) is 68.5 Å². The van der Waals surface area contributed by atoms with Gasteiger partial charge in [0.05, 0.1) is 11.0 Å². The molecular weight excluding hydrogens is 474 g/mol. The van der Waals surface area contributed by atoms with E-state index in [1.807, 2.05) is 6.07 Å². The fraction of sp³-hybridized carbons (Fsp3) is 0.500. The van der Waals surface area contributed by atoms with Crippen LogP contribution in [0.2, 0.25) is 23.3 Å². The first-order valence-corrected chi connectivity index (χ1v) is 14.6. The summed E-state index contributed by atoms with van der Waals surface area (Å²) in [6, 6.07) is 8.09. The molecule has 2 unspecified atom stereocenters. The number of aromatic nitrogens is 1. The van der Waals surface area contributed by atoms with Crippen LogP contribution in [0.15, 0.2) is 36.5 Å². The number of nitro benzene ring substituents is 1. The molecule has 1 amide bonds. The van der Waals surface area contributed by atoms with Gasteiger partial charge in [0.1, 0.15) is 5.15 Å². The summed E-state index contributed by atoms with van der Waals surface area (Å²) in [5.41, 5.74) is 2.21.